The molecular weight excluding hydrogens is 433 g/mol. The fourth-order valence-corrected chi connectivity index (χ4v) is 4.26. The predicted octanol–water partition coefficient (Wildman–Crippen LogP) is 4.57. The van der Waals surface area contributed by atoms with E-state index in [9.17, 15) is 14.0 Å². The average Bonchev–Trinajstić information content (AvgIpc) is 3.48. The molecule has 9 heteroatoms. The Hall–Kier alpha value is -3.72. The van der Waals surface area contributed by atoms with E-state index >= 15 is 0 Å². The van der Waals surface area contributed by atoms with E-state index in [0.29, 0.717) is 27.8 Å². The number of aromatic nitrogens is 1. The van der Waals surface area contributed by atoms with Crippen LogP contribution in [0.25, 0.3) is 11.0 Å². The Bertz CT molecular complexity index is 1280. The minimum absolute atomic E-state index is 0.0353. The van der Waals surface area contributed by atoms with Crippen molar-refractivity contribution in [2.75, 3.05) is 0 Å². The van der Waals surface area contributed by atoms with Gasteiger partial charge >= 0.3 is 6.03 Å². The predicted molar refractivity (Wildman–Crippen MR) is 115 cm³/mol. The van der Waals surface area contributed by atoms with E-state index in [0.717, 1.165) is 10.3 Å². The van der Waals surface area contributed by atoms with Crippen LogP contribution in [0.15, 0.2) is 64.4 Å². The zero-order chi connectivity index (χ0) is 22.3. The molecule has 0 aliphatic carbocycles. The van der Waals surface area contributed by atoms with Crippen LogP contribution >= 0.6 is 11.3 Å². The Morgan fingerprint density at radius 1 is 1.19 bits per heavy atom. The number of nitrogens with zero attached hydrogens (tertiary/aromatic N) is 2. The van der Waals surface area contributed by atoms with Gasteiger partial charge in [0.25, 0.3) is 5.91 Å². The SMILES string of the molecule is CC1(c2cc3ccccc3o2)NC(=O)N(Cc2csc(COc3ccc(F)cc3)n2)C1=O. The number of urea groups is 1. The molecule has 0 saturated carbocycles. The van der Waals surface area contributed by atoms with Crippen LogP contribution < -0.4 is 10.1 Å². The number of para-hydroxylation sites is 1. The van der Waals surface area contributed by atoms with Crippen LogP contribution in [0, 0.1) is 5.82 Å². The van der Waals surface area contributed by atoms with Crippen LogP contribution in [0.5, 0.6) is 5.75 Å². The molecule has 3 amide bonds. The monoisotopic (exact) mass is 451 g/mol. The van der Waals surface area contributed by atoms with Gasteiger partial charge in [0, 0.05) is 10.8 Å². The van der Waals surface area contributed by atoms with Crippen molar-refractivity contribution in [2.24, 2.45) is 0 Å². The Morgan fingerprint density at radius 3 is 2.75 bits per heavy atom. The number of furan rings is 1. The lowest BCUT2D eigenvalue weighted by molar-refractivity contribution is -0.132. The second kappa shape index (κ2) is 7.76. The van der Waals surface area contributed by atoms with Gasteiger partial charge in [0.1, 0.15) is 34.5 Å². The number of benzene rings is 2. The van der Waals surface area contributed by atoms with E-state index in [4.69, 9.17) is 9.15 Å². The number of imide groups is 1. The molecule has 1 aliphatic heterocycles. The van der Waals surface area contributed by atoms with Crippen LogP contribution in [-0.4, -0.2) is 21.8 Å². The van der Waals surface area contributed by atoms with Crippen LogP contribution in [0.4, 0.5) is 9.18 Å². The van der Waals surface area contributed by atoms with Gasteiger partial charge in [0.15, 0.2) is 5.54 Å². The number of rotatable bonds is 6. The third-order valence-corrected chi connectivity index (χ3v) is 6.16. The van der Waals surface area contributed by atoms with Gasteiger partial charge < -0.3 is 14.5 Å². The first-order valence-electron chi connectivity index (χ1n) is 9.87. The van der Waals surface area contributed by atoms with Gasteiger partial charge in [-0.15, -0.1) is 11.3 Å². The van der Waals surface area contributed by atoms with Crippen LogP contribution in [0.3, 0.4) is 0 Å². The van der Waals surface area contributed by atoms with E-state index in [1.165, 1.54) is 35.6 Å². The minimum atomic E-state index is -1.29. The number of halogens is 1. The third-order valence-electron chi connectivity index (χ3n) is 5.29. The van der Waals surface area contributed by atoms with Crippen molar-refractivity contribution in [3.05, 3.63) is 82.3 Å². The lowest BCUT2D eigenvalue weighted by Gasteiger charge is -2.18. The highest BCUT2D eigenvalue weighted by molar-refractivity contribution is 7.09. The molecule has 1 saturated heterocycles. The van der Waals surface area contributed by atoms with Gasteiger partial charge in [0.05, 0.1) is 12.2 Å². The molecule has 1 unspecified atom stereocenters. The van der Waals surface area contributed by atoms with Gasteiger partial charge in [-0.3, -0.25) is 9.69 Å². The van der Waals surface area contributed by atoms with Crippen molar-refractivity contribution in [1.29, 1.82) is 0 Å². The summed E-state index contributed by atoms with van der Waals surface area (Å²) in [5, 5.41) is 6.06. The summed E-state index contributed by atoms with van der Waals surface area (Å²) in [5.74, 6) is 0.167. The Labute approximate surface area is 186 Å². The summed E-state index contributed by atoms with van der Waals surface area (Å²) in [6.45, 7) is 1.87. The number of carbonyl (C=O) groups excluding carboxylic acids is 2. The summed E-state index contributed by atoms with van der Waals surface area (Å²) in [4.78, 5) is 31.4. The smallest absolute Gasteiger partial charge is 0.325 e. The van der Waals surface area contributed by atoms with Crippen molar-refractivity contribution < 1.29 is 23.1 Å². The maximum absolute atomic E-state index is 13.2. The van der Waals surface area contributed by atoms with Crippen molar-refractivity contribution in [3.8, 4) is 5.75 Å². The number of hydrogen-bond donors (Lipinski definition) is 1. The topological polar surface area (TPSA) is 84.7 Å². The molecular formula is C23H18FN3O4S. The minimum Gasteiger partial charge on any atom is -0.486 e. The Morgan fingerprint density at radius 2 is 1.97 bits per heavy atom. The molecule has 0 spiro atoms. The first-order chi connectivity index (χ1) is 15.4. The second-order valence-electron chi connectivity index (χ2n) is 7.57. The summed E-state index contributed by atoms with van der Waals surface area (Å²) in [5.41, 5.74) is -0.0692. The first kappa shape index (κ1) is 20.2. The number of thiazole rings is 1. The molecule has 32 heavy (non-hydrogen) atoms. The molecule has 1 N–H and O–H groups in total. The van der Waals surface area contributed by atoms with E-state index in [1.807, 2.05) is 24.3 Å². The molecule has 162 valence electrons. The van der Waals surface area contributed by atoms with Crippen molar-refractivity contribution in [1.82, 2.24) is 15.2 Å². The number of carbonyl (C=O) groups is 2. The highest BCUT2D eigenvalue weighted by Crippen LogP contribution is 2.33. The van der Waals surface area contributed by atoms with E-state index in [2.05, 4.69) is 10.3 Å². The van der Waals surface area contributed by atoms with E-state index in [1.54, 1.807) is 18.4 Å². The maximum atomic E-state index is 13.2. The summed E-state index contributed by atoms with van der Waals surface area (Å²) < 4.78 is 24.4. The van der Waals surface area contributed by atoms with Gasteiger partial charge in [-0.2, -0.15) is 0 Å². The molecule has 3 heterocycles. The molecule has 1 atom stereocenters. The average molecular weight is 451 g/mol. The van der Waals surface area contributed by atoms with Crippen LogP contribution in [0.1, 0.15) is 23.4 Å². The van der Waals surface area contributed by atoms with Gasteiger partial charge in [-0.1, -0.05) is 18.2 Å². The maximum Gasteiger partial charge on any atom is 0.325 e. The van der Waals surface area contributed by atoms with E-state index < -0.39 is 17.5 Å². The molecule has 5 rings (SSSR count). The molecule has 2 aromatic heterocycles. The van der Waals surface area contributed by atoms with Crippen LogP contribution in [0.2, 0.25) is 0 Å². The molecule has 1 fully saturated rings. The summed E-state index contributed by atoms with van der Waals surface area (Å²) in [7, 11) is 0. The first-order valence-corrected chi connectivity index (χ1v) is 10.8. The largest absolute Gasteiger partial charge is 0.486 e. The zero-order valence-electron chi connectivity index (χ0n) is 17.0. The third kappa shape index (κ3) is 3.60. The Balaban J connectivity index is 1.29. The zero-order valence-corrected chi connectivity index (χ0v) is 17.8. The standard InChI is InChI=1S/C23H18FN3O4S/c1-23(19-10-14-4-2-3-5-18(14)31-19)21(28)27(22(29)26-23)11-16-13-32-20(25-16)12-30-17-8-6-15(24)7-9-17/h2-10,13H,11-12H2,1H3,(H,26,29). The van der Waals surface area contributed by atoms with E-state index in [-0.39, 0.29) is 19.0 Å². The van der Waals surface area contributed by atoms with Gasteiger partial charge in [0.2, 0.25) is 0 Å². The second-order valence-corrected chi connectivity index (χ2v) is 8.51. The fraction of sp³-hybridized carbons (Fsp3) is 0.174. The lowest BCUT2D eigenvalue weighted by atomic mass is 9.99. The lowest BCUT2D eigenvalue weighted by Crippen LogP contribution is -2.40. The summed E-state index contributed by atoms with van der Waals surface area (Å²) >= 11 is 1.36. The van der Waals surface area contributed by atoms with Crippen molar-refractivity contribution >= 4 is 34.2 Å². The number of fused-ring (bicyclic) bond motifs is 1. The number of amides is 3. The van der Waals surface area contributed by atoms with Gasteiger partial charge in [-0.05, 0) is 43.3 Å². The highest BCUT2D eigenvalue weighted by Gasteiger charge is 2.51. The fourth-order valence-electron chi connectivity index (χ4n) is 3.56. The number of nitrogens with one attached hydrogen (secondary N) is 1. The van der Waals surface area contributed by atoms with Crippen molar-refractivity contribution in [2.45, 2.75) is 25.6 Å². The molecule has 1 aliphatic rings. The van der Waals surface area contributed by atoms with Gasteiger partial charge in [-0.25, -0.2) is 14.2 Å². The molecule has 7 nitrogen and oxygen atoms in total. The highest BCUT2D eigenvalue weighted by atomic mass is 32.1. The Kier molecular flexibility index (Phi) is 4.90. The summed E-state index contributed by atoms with van der Waals surface area (Å²) in [6, 6.07) is 14.4. The molecule has 4 aromatic rings. The number of ether oxygens (including phenoxy) is 1. The summed E-state index contributed by atoms with van der Waals surface area (Å²) in [6.07, 6.45) is 0. The molecule has 2 aromatic carbocycles. The van der Waals surface area contributed by atoms with Crippen molar-refractivity contribution in [3.63, 3.8) is 0 Å². The quantitative estimate of drug-likeness (QED) is 0.434. The normalized spacial score (nSPS) is 18.4. The molecule has 0 bridgehead atoms. The van der Waals surface area contributed by atoms with Crippen LogP contribution in [-0.2, 0) is 23.5 Å². The molecule has 0 radical (unpaired) electrons. The number of hydrogen-bond acceptors (Lipinski definition) is 6.